The molecule has 0 aromatic heterocycles. The SMILES string of the molecule is CN=C(NCCN1CCCCC1)NC1CCN(C(=O)C2CCCCC2)C1. The summed E-state index contributed by atoms with van der Waals surface area (Å²) in [5.74, 6) is 1.55. The molecule has 0 aromatic rings. The van der Waals surface area contributed by atoms with Crippen molar-refractivity contribution in [2.75, 3.05) is 46.3 Å². The first-order valence-corrected chi connectivity index (χ1v) is 10.7. The minimum Gasteiger partial charge on any atom is -0.355 e. The number of aliphatic imine (C=N–C) groups is 1. The zero-order valence-electron chi connectivity index (χ0n) is 16.5. The van der Waals surface area contributed by atoms with E-state index in [2.05, 4.69) is 25.4 Å². The van der Waals surface area contributed by atoms with Crippen molar-refractivity contribution < 1.29 is 4.79 Å². The third kappa shape index (κ3) is 5.60. The molecule has 1 saturated carbocycles. The van der Waals surface area contributed by atoms with Crippen LogP contribution < -0.4 is 10.6 Å². The number of amides is 1. The maximum absolute atomic E-state index is 12.7. The monoisotopic (exact) mass is 363 g/mol. The summed E-state index contributed by atoms with van der Waals surface area (Å²) in [5.41, 5.74) is 0. The van der Waals surface area contributed by atoms with Crippen molar-refractivity contribution >= 4 is 11.9 Å². The van der Waals surface area contributed by atoms with E-state index in [-0.39, 0.29) is 5.92 Å². The minimum atomic E-state index is 0.282. The van der Waals surface area contributed by atoms with Crippen LogP contribution in [0.4, 0.5) is 0 Å². The highest BCUT2D eigenvalue weighted by molar-refractivity contribution is 5.81. The standard InChI is InChI=1S/C20H37N5O/c1-21-20(22-11-15-24-12-6-3-7-13-24)23-18-10-14-25(16-18)19(26)17-8-4-2-5-9-17/h17-18H,2-16H2,1H3,(H2,21,22,23). The molecule has 148 valence electrons. The molecule has 0 radical (unpaired) electrons. The summed E-state index contributed by atoms with van der Waals surface area (Å²) in [6.45, 7) is 6.18. The Labute approximate surface area is 158 Å². The topological polar surface area (TPSA) is 60.0 Å². The van der Waals surface area contributed by atoms with Gasteiger partial charge in [0.1, 0.15) is 0 Å². The molecule has 3 aliphatic rings. The second-order valence-electron chi connectivity index (χ2n) is 8.15. The average Bonchev–Trinajstić information content (AvgIpc) is 3.16. The lowest BCUT2D eigenvalue weighted by molar-refractivity contribution is -0.135. The van der Waals surface area contributed by atoms with Gasteiger partial charge in [-0.15, -0.1) is 0 Å². The van der Waals surface area contributed by atoms with E-state index in [0.717, 1.165) is 51.4 Å². The molecule has 2 aliphatic heterocycles. The van der Waals surface area contributed by atoms with Crippen molar-refractivity contribution in [3.8, 4) is 0 Å². The number of hydrogen-bond donors (Lipinski definition) is 2. The Morgan fingerprint density at radius 1 is 1.00 bits per heavy atom. The fourth-order valence-corrected chi connectivity index (χ4v) is 4.59. The van der Waals surface area contributed by atoms with Gasteiger partial charge in [-0.3, -0.25) is 9.79 Å². The molecule has 6 heteroatoms. The van der Waals surface area contributed by atoms with Crippen molar-refractivity contribution in [3.63, 3.8) is 0 Å². The van der Waals surface area contributed by atoms with Gasteiger partial charge in [0.05, 0.1) is 0 Å². The van der Waals surface area contributed by atoms with E-state index in [1.807, 2.05) is 7.05 Å². The van der Waals surface area contributed by atoms with Gasteiger partial charge in [-0.05, 0) is 45.2 Å². The quantitative estimate of drug-likeness (QED) is 0.578. The molecule has 1 amide bonds. The second-order valence-corrected chi connectivity index (χ2v) is 8.15. The van der Waals surface area contributed by atoms with E-state index in [0.29, 0.717) is 11.9 Å². The molecule has 0 bridgehead atoms. The van der Waals surface area contributed by atoms with Crippen LogP contribution >= 0.6 is 0 Å². The highest BCUT2D eigenvalue weighted by atomic mass is 16.2. The molecule has 3 fully saturated rings. The maximum Gasteiger partial charge on any atom is 0.225 e. The zero-order valence-corrected chi connectivity index (χ0v) is 16.5. The van der Waals surface area contributed by atoms with Gasteiger partial charge >= 0.3 is 0 Å². The van der Waals surface area contributed by atoms with Gasteiger partial charge in [-0.25, -0.2) is 0 Å². The van der Waals surface area contributed by atoms with E-state index in [9.17, 15) is 4.79 Å². The molecule has 1 aliphatic carbocycles. The third-order valence-electron chi connectivity index (χ3n) is 6.19. The third-order valence-corrected chi connectivity index (χ3v) is 6.19. The van der Waals surface area contributed by atoms with Crippen LogP contribution in [0.15, 0.2) is 4.99 Å². The van der Waals surface area contributed by atoms with Crippen LogP contribution in [-0.4, -0.2) is 74.0 Å². The first kappa shape index (κ1) is 19.5. The molecule has 3 rings (SSSR count). The Bertz CT molecular complexity index is 469. The van der Waals surface area contributed by atoms with Crippen LogP contribution in [0.5, 0.6) is 0 Å². The largest absolute Gasteiger partial charge is 0.355 e. The summed E-state index contributed by atoms with van der Waals surface area (Å²) < 4.78 is 0. The molecular weight excluding hydrogens is 326 g/mol. The van der Waals surface area contributed by atoms with Gasteiger partial charge in [-0.1, -0.05) is 25.7 Å². The Morgan fingerprint density at radius 2 is 1.73 bits per heavy atom. The van der Waals surface area contributed by atoms with Crippen molar-refractivity contribution in [1.29, 1.82) is 0 Å². The van der Waals surface area contributed by atoms with Crippen molar-refractivity contribution in [1.82, 2.24) is 20.4 Å². The van der Waals surface area contributed by atoms with Crippen LogP contribution in [0.25, 0.3) is 0 Å². The first-order chi connectivity index (χ1) is 12.8. The van der Waals surface area contributed by atoms with E-state index < -0.39 is 0 Å². The number of likely N-dealkylation sites (tertiary alicyclic amines) is 2. The molecular formula is C20H37N5O. The van der Waals surface area contributed by atoms with Crippen molar-refractivity contribution in [2.24, 2.45) is 10.9 Å². The summed E-state index contributed by atoms with van der Waals surface area (Å²) in [5, 5.41) is 6.96. The molecule has 1 atom stereocenters. The fraction of sp³-hybridized carbons (Fsp3) is 0.900. The molecule has 0 spiro atoms. The van der Waals surface area contributed by atoms with Crippen LogP contribution in [0, 0.1) is 5.92 Å². The van der Waals surface area contributed by atoms with Crippen molar-refractivity contribution in [3.05, 3.63) is 0 Å². The average molecular weight is 364 g/mol. The van der Waals surface area contributed by atoms with E-state index in [4.69, 9.17) is 0 Å². The Kier molecular flexibility index (Phi) is 7.59. The predicted molar refractivity (Wildman–Crippen MR) is 106 cm³/mol. The number of carbonyl (C=O) groups is 1. The van der Waals surface area contributed by atoms with E-state index in [1.54, 1.807) is 0 Å². The van der Waals surface area contributed by atoms with Crippen LogP contribution in [0.2, 0.25) is 0 Å². The summed E-state index contributed by atoms with van der Waals surface area (Å²) >= 11 is 0. The van der Waals surface area contributed by atoms with Crippen LogP contribution in [0.1, 0.15) is 57.8 Å². The number of nitrogens with zero attached hydrogens (tertiary/aromatic N) is 3. The van der Waals surface area contributed by atoms with Gasteiger partial charge in [0.15, 0.2) is 5.96 Å². The lowest BCUT2D eigenvalue weighted by Gasteiger charge is -2.27. The Hall–Kier alpha value is -1.30. The van der Waals surface area contributed by atoms with Crippen LogP contribution in [-0.2, 0) is 4.79 Å². The first-order valence-electron chi connectivity index (χ1n) is 10.7. The Balaban J connectivity index is 1.36. The predicted octanol–water partition coefficient (Wildman–Crippen LogP) is 1.82. The van der Waals surface area contributed by atoms with Gasteiger partial charge in [0, 0.05) is 45.2 Å². The van der Waals surface area contributed by atoms with Gasteiger partial charge < -0.3 is 20.4 Å². The molecule has 2 N–H and O–H groups in total. The summed E-state index contributed by atoms with van der Waals surface area (Å²) in [6, 6.07) is 0.323. The number of nitrogens with one attached hydrogen (secondary N) is 2. The lowest BCUT2D eigenvalue weighted by atomic mass is 9.88. The Morgan fingerprint density at radius 3 is 2.46 bits per heavy atom. The molecule has 2 heterocycles. The van der Waals surface area contributed by atoms with Gasteiger partial charge in [0.25, 0.3) is 0 Å². The summed E-state index contributed by atoms with van der Waals surface area (Å²) in [4.78, 5) is 21.7. The summed E-state index contributed by atoms with van der Waals surface area (Å²) in [6.07, 6.45) is 11.0. The zero-order chi connectivity index (χ0) is 18.2. The maximum atomic E-state index is 12.7. The normalized spacial score (nSPS) is 26.1. The second kappa shape index (κ2) is 10.1. The summed E-state index contributed by atoms with van der Waals surface area (Å²) in [7, 11) is 1.83. The molecule has 0 aromatic carbocycles. The van der Waals surface area contributed by atoms with Gasteiger partial charge in [0.2, 0.25) is 5.91 Å². The van der Waals surface area contributed by atoms with Crippen molar-refractivity contribution in [2.45, 2.75) is 63.8 Å². The smallest absolute Gasteiger partial charge is 0.225 e. The number of hydrogen-bond acceptors (Lipinski definition) is 3. The molecule has 1 unspecified atom stereocenters. The highest BCUT2D eigenvalue weighted by Crippen LogP contribution is 2.26. The molecule has 6 nitrogen and oxygen atoms in total. The lowest BCUT2D eigenvalue weighted by Crippen LogP contribution is -2.47. The number of guanidine groups is 1. The van der Waals surface area contributed by atoms with E-state index in [1.165, 1.54) is 51.6 Å². The molecule has 26 heavy (non-hydrogen) atoms. The van der Waals surface area contributed by atoms with Crippen LogP contribution in [0.3, 0.4) is 0 Å². The minimum absolute atomic E-state index is 0.282. The highest BCUT2D eigenvalue weighted by Gasteiger charge is 2.31. The number of rotatable bonds is 5. The molecule has 2 saturated heterocycles. The van der Waals surface area contributed by atoms with Gasteiger partial charge in [-0.2, -0.15) is 0 Å². The van der Waals surface area contributed by atoms with E-state index >= 15 is 0 Å². The number of carbonyl (C=O) groups excluding carboxylic acids is 1. The number of piperidine rings is 1. The fourth-order valence-electron chi connectivity index (χ4n) is 4.59.